The molecule has 3 fully saturated rings. The number of amides is 2. The van der Waals surface area contributed by atoms with Crippen LogP contribution in [0, 0.1) is 11.3 Å². The first-order valence-corrected chi connectivity index (χ1v) is 9.29. The van der Waals surface area contributed by atoms with Gasteiger partial charge in [-0.1, -0.05) is 6.42 Å². The highest BCUT2D eigenvalue weighted by Gasteiger charge is 2.46. The van der Waals surface area contributed by atoms with Crippen LogP contribution in [0.15, 0.2) is 0 Å². The van der Waals surface area contributed by atoms with Crippen LogP contribution in [0.4, 0.5) is 0 Å². The van der Waals surface area contributed by atoms with Crippen LogP contribution >= 0.6 is 0 Å². The smallest absolute Gasteiger partial charge is 0.310 e. The van der Waals surface area contributed by atoms with Crippen molar-refractivity contribution < 1.29 is 19.5 Å². The van der Waals surface area contributed by atoms with E-state index in [1.807, 2.05) is 9.80 Å². The van der Waals surface area contributed by atoms with Crippen molar-refractivity contribution in [2.24, 2.45) is 11.3 Å². The minimum atomic E-state index is -0.819. The molecule has 0 aromatic rings. The summed E-state index contributed by atoms with van der Waals surface area (Å²) in [5, 5.41) is 9.37. The highest BCUT2D eigenvalue weighted by Crippen LogP contribution is 2.44. The first kappa shape index (κ1) is 17.2. The van der Waals surface area contributed by atoms with Gasteiger partial charge in [-0.15, -0.1) is 0 Å². The minimum absolute atomic E-state index is 0.00963. The number of nitrogens with zero attached hydrogens (tertiary/aromatic N) is 2. The van der Waals surface area contributed by atoms with Crippen molar-refractivity contribution in [1.82, 2.24) is 9.80 Å². The summed E-state index contributed by atoms with van der Waals surface area (Å²) in [4.78, 5) is 39.6. The lowest BCUT2D eigenvalue weighted by molar-refractivity contribution is -0.159. The normalized spacial score (nSPS) is 24.6. The predicted molar refractivity (Wildman–Crippen MR) is 88.3 cm³/mol. The third-order valence-electron chi connectivity index (χ3n) is 6.12. The number of likely N-dealkylation sites (tertiary alicyclic amines) is 2. The lowest BCUT2D eigenvalue weighted by Gasteiger charge is -2.40. The minimum Gasteiger partial charge on any atom is -0.481 e. The molecule has 2 amide bonds. The standard InChI is InChI=1S/C18H28N2O4/c21-15-4-1-2-9-20(15)13-14-5-10-19(11-6-14)16(22)12-18(17(23)24)7-3-8-18/h14H,1-13H2,(H,23,24). The van der Waals surface area contributed by atoms with Crippen LogP contribution in [0.2, 0.25) is 0 Å². The Labute approximate surface area is 143 Å². The maximum atomic E-state index is 12.5. The van der Waals surface area contributed by atoms with Gasteiger partial charge in [0.05, 0.1) is 5.41 Å². The van der Waals surface area contributed by atoms with Crippen molar-refractivity contribution in [2.45, 2.75) is 57.8 Å². The molecule has 134 valence electrons. The van der Waals surface area contributed by atoms with Crippen molar-refractivity contribution >= 4 is 17.8 Å². The zero-order valence-corrected chi connectivity index (χ0v) is 14.3. The third kappa shape index (κ3) is 3.57. The molecule has 3 aliphatic rings. The van der Waals surface area contributed by atoms with E-state index in [0.717, 1.165) is 45.2 Å². The number of aliphatic carboxylic acids is 1. The molecule has 0 atom stereocenters. The van der Waals surface area contributed by atoms with Gasteiger partial charge in [0.15, 0.2) is 0 Å². The van der Waals surface area contributed by atoms with Crippen LogP contribution < -0.4 is 0 Å². The van der Waals surface area contributed by atoms with E-state index in [0.29, 0.717) is 38.3 Å². The molecule has 2 heterocycles. The molecule has 6 nitrogen and oxygen atoms in total. The molecule has 0 spiro atoms. The molecule has 0 bridgehead atoms. The average molecular weight is 336 g/mol. The van der Waals surface area contributed by atoms with Crippen molar-refractivity contribution in [3.63, 3.8) is 0 Å². The van der Waals surface area contributed by atoms with E-state index in [4.69, 9.17) is 0 Å². The summed E-state index contributed by atoms with van der Waals surface area (Å²) in [6.45, 7) is 3.08. The van der Waals surface area contributed by atoms with Crippen LogP contribution in [-0.4, -0.2) is 58.9 Å². The Morgan fingerprint density at radius 3 is 2.33 bits per heavy atom. The second-order valence-electron chi connectivity index (χ2n) is 7.74. The zero-order valence-electron chi connectivity index (χ0n) is 14.3. The number of carboxylic acid groups (broad SMARTS) is 1. The van der Waals surface area contributed by atoms with Crippen molar-refractivity contribution in [1.29, 1.82) is 0 Å². The maximum absolute atomic E-state index is 12.5. The van der Waals surface area contributed by atoms with Crippen molar-refractivity contribution in [3.8, 4) is 0 Å². The number of hydrogen-bond donors (Lipinski definition) is 1. The molecule has 6 heteroatoms. The van der Waals surface area contributed by atoms with E-state index in [2.05, 4.69) is 0 Å². The second-order valence-corrected chi connectivity index (χ2v) is 7.74. The summed E-state index contributed by atoms with van der Waals surface area (Å²) < 4.78 is 0. The fourth-order valence-corrected chi connectivity index (χ4v) is 4.20. The van der Waals surface area contributed by atoms with E-state index >= 15 is 0 Å². The fraction of sp³-hybridized carbons (Fsp3) is 0.833. The molecule has 2 saturated heterocycles. The van der Waals surface area contributed by atoms with Gasteiger partial charge in [-0.05, 0) is 44.4 Å². The number of hydrogen-bond acceptors (Lipinski definition) is 3. The highest BCUT2D eigenvalue weighted by molar-refractivity contribution is 5.85. The molecule has 1 aliphatic carbocycles. The summed E-state index contributed by atoms with van der Waals surface area (Å²) in [5.74, 6) is -0.0911. The quantitative estimate of drug-likeness (QED) is 0.831. The van der Waals surface area contributed by atoms with Gasteiger partial charge in [-0.2, -0.15) is 0 Å². The molecule has 1 saturated carbocycles. The first-order chi connectivity index (χ1) is 11.5. The van der Waals surface area contributed by atoms with Gasteiger partial charge < -0.3 is 14.9 Å². The first-order valence-electron chi connectivity index (χ1n) is 9.29. The number of carboxylic acids is 1. The van der Waals surface area contributed by atoms with Gasteiger partial charge in [-0.25, -0.2) is 0 Å². The van der Waals surface area contributed by atoms with Gasteiger partial charge >= 0.3 is 5.97 Å². The van der Waals surface area contributed by atoms with Gasteiger partial charge in [-0.3, -0.25) is 14.4 Å². The maximum Gasteiger partial charge on any atom is 0.310 e. The van der Waals surface area contributed by atoms with Crippen LogP contribution in [0.5, 0.6) is 0 Å². The number of rotatable bonds is 5. The molecule has 0 aromatic heterocycles. The largest absolute Gasteiger partial charge is 0.481 e. The molecule has 2 aliphatic heterocycles. The Morgan fingerprint density at radius 1 is 1.08 bits per heavy atom. The third-order valence-corrected chi connectivity index (χ3v) is 6.12. The molecular formula is C18H28N2O4. The summed E-state index contributed by atoms with van der Waals surface area (Å²) in [6.07, 6.45) is 6.92. The van der Waals surface area contributed by atoms with Crippen LogP contribution in [-0.2, 0) is 14.4 Å². The number of carbonyl (C=O) groups is 3. The van der Waals surface area contributed by atoms with Crippen LogP contribution in [0.25, 0.3) is 0 Å². The Morgan fingerprint density at radius 2 is 1.79 bits per heavy atom. The Hall–Kier alpha value is -1.59. The van der Waals surface area contributed by atoms with Gasteiger partial charge in [0.2, 0.25) is 11.8 Å². The molecule has 0 unspecified atom stereocenters. The summed E-state index contributed by atoms with van der Waals surface area (Å²) >= 11 is 0. The highest BCUT2D eigenvalue weighted by atomic mass is 16.4. The van der Waals surface area contributed by atoms with Crippen LogP contribution in [0.1, 0.15) is 57.8 Å². The summed E-state index contributed by atoms with van der Waals surface area (Å²) in [6, 6.07) is 0. The van der Waals surface area contributed by atoms with E-state index < -0.39 is 11.4 Å². The number of carbonyl (C=O) groups excluding carboxylic acids is 2. The van der Waals surface area contributed by atoms with Crippen LogP contribution in [0.3, 0.4) is 0 Å². The molecule has 24 heavy (non-hydrogen) atoms. The molecule has 1 N–H and O–H groups in total. The second kappa shape index (κ2) is 7.11. The molecule has 0 aromatic carbocycles. The Bertz CT molecular complexity index is 507. The molecular weight excluding hydrogens is 308 g/mol. The summed E-state index contributed by atoms with van der Waals surface area (Å²) in [7, 11) is 0. The van der Waals surface area contributed by atoms with E-state index in [-0.39, 0.29) is 18.2 Å². The molecule has 0 radical (unpaired) electrons. The lowest BCUT2D eigenvalue weighted by atomic mass is 9.66. The summed E-state index contributed by atoms with van der Waals surface area (Å²) in [5.41, 5.74) is -0.797. The van der Waals surface area contributed by atoms with E-state index in [1.165, 1.54) is 0 Å². The average Bonchev–Trinajstić information content (AvgIpc) is 2.53. The van der Waals surface area contributed by atoms with Crippen molar-refractivity contribution in [2.75, 3.05) is 26.2 Å². The Balaban J connectivity index is 1.45. The topological polar surface area (TPSA) is 77.9 Å². The zero-order chi connectivity index (χ0) is 17.2. The molecule has 3 rings (SSSR count). The fourth-order valence-electron chi connectivity index (χ4n) is 4.20. The monoisotopic (exact) mass is 336 g/mol. The van der Waals surface area contributed by atoms with E-state index in [1.54, 1.807) is 0 Å². The van der Waals surface area contributed by atoms with Gasteiger partial charge in [0.25, 0.3) is 0 Å². The van der Waals surface area contributed by atoms with Crippen molar-refractivity contribution in [3.05, 3.63) is 0 Å². The van der Waals surface area contributed by atoms with E-state index in [9.17, 15) is 19.5 Å². The Kier molecular flexibility index (Phi) is 5.11. The van der Waals surface area contributed by atoms with Gasteiger partial charge in [0, 0.05) is 39.0 Å². The predicted octanol–water partition coefficient (Wildman–Crippen LogP) is 1.88. The van der Waals surface area contributed by atoms with Gasteiger partial charge in [0.1, 0.15) is 0 Å². The lowest BCUT2D eigenvalue weighted by Crippen LogP contribution is -2.47. The SMILES string of the molecule is O=C(CC1(C(=O)O)CCC1)N1CCC(CN2CCCCC2=O)CC1. The number of piperidine rings is 2.